The number of nitrogens with one attached hydrogen (secondary N) is 1. The van der Waals surface area contributed by atoms with E-state index in [4.69, 9.17) is 0 Å². The molecule has 27 heavy (non-hydrogen) atoms. The quantitative estimate of drug-likeness (QED) is 0.818. The highest BCUT2D eigenvalue weighted by atomic mass is 32.2. The number of sulfonamides is 1. The lowest BCUT2D eigenvalue weighted by atomic mass is 10.0. The van der Waals surface area contributed by atoms with E-state index >= 15 is 4.39 Å². The van der Waals surface area contributed by atoms with Crippen molar-refractivity contribution in [2.75, 3.05) is 13.1 Å². The van der Waals surface area contributed by atoms with Crippen molar-refractivity contribution in [1.29, 1.82) is 0 Å². The molecule has 0 bridgehead atoms. The summed E-state index contributed by atoms with van der Waals surface area (Å²) in [6, 6.07) is 14.3. The van der Waals surface area contributed by atoms with Gasteiger partial charge in [-0.25, -0.2) is 17.2 Å². The Labute approximate surface area is 157 Å². The van der Waals surface area contributed by atoms with E-state index in [9.17, 15) is 17.6 Å². The van der Waals surface area contributed by atoms with Gasteiger partial charge in [-0.2, -0.15) is 4.31 Å². The number of carbonyl (C=O) groups is 1. The number of alkyl halides is 1. The highest BCUT2D eigenvalue weighted by Gasteiger charge is 2.48. The number of nitrogens with zero attached hydrogens (tertiary/aromatic N) is 1. The fraction of sp³-hybridized carbons (Fsp3) is 0.316. The fourth-order valence-corrected chi connectivity index (χ4v) is 4.58. The van der Waals surface area contributed by atoms with Gasteiger partial charge < -0.3 is 5.32 Å². The van der Waals surface area contributed by atoms with Gasteiger partial charge in [0.15, 0.2) is 0 Å². The average Bonchev–Trinajstić information content (AvgIpc) is 3.05. The summed E-state index contributed by atoms with van der Waals surface area (Å²) >= 11 is 0. The van der Waals surface area contributed by atoms with Gasteiger partial charge in [0.25, 0.3) is 5.91 Å². The third-order valence-electron chi connectivity index (χ3n) is 4.52. The van der Waals surface area contributed by atoms with Gasteiger partial charge in [0.2, 0.25) is 15.7 Å². The van der Waals surface area contributed by atoms with Crippen molar-refractivity contribution < 1.29 is 22.0 Å². The minimum atomic E-state index is -3.85. The van der Waals surface area contributed by atoms with Crippen molar-refractivity contribution >= 4 is 15.9 Å². The number of rotatable bonds is 6. The van der Waals surface area contributed by atoms with Crippen molar-refractivity contribution in [3.05, 3.63) is 71.5 Å². The second-order valence-corrected chi connectivity index (χ2v) is 8.57. The average molecular weight is 394 g/mol. The summed E-state index contributed by atoms with van der Waals surface area (Å²) in [5.74, 6) is -1.80. The van der Waals surface area contributed by atoms with Gasteiger partial charge in [-0.3, -0.25) is 4.79 Å². The van der Waals surface area contributed by atoms with Crippen LogP contribution in [0, 0.1) is 5.82 Å². The molecule has 1 aliphatic rings. The molecule has 1 amide bonds. The molecule has 2 aromatic rings. The van der Waals surface area contributed by atoms with Crippen LogP contribution in [0.4, 0.5) is 8.78 Å². The van der Waals surface area contributed by atoms with Crippen LogP contribution >= 0.6 is 0 Å². The zero-order valence-electron chi connectivity index (χ0n) is 14.6. The lowest BCUT2D eigenvalue weighted by Gasteiger charge is -2.20. The Morgan fingerprint density at radius 3 is 2.52 bits per heavy atom. The van der Waals surface area contributed by atoms with E-state index in [0.29, 0.717) is 0 Å². The Bertz CT molecular complexity index is 922. The molecule has 144 valence electrons. The minimum absolute atomic E-state index is 0.0904. The van der Waals surface area contributed by atoms with Crippen LogP contribution in [0.1, 0.15) is 17.5 Å². The topological polar surface area (TPSA) is 66.5 Å². The first-order valence-electron chi connectivity index (χ1n) is 8.52. The second kappa shape index (κ2) is 7.74. The molecule has 0 unspecified atom stereocenters. The first-order valence-corrected chi connectivity index (χ1v) is 10.1. The molecule has 5 nitrogen and oxygen atoms in total. The van der Waals surface area contributed by atoms with Crippen LogP contribution in [-0.2, 0) is 27.1 Å². The number of amides is 1. The van der Waals surface area contributed by atoms with Gasteiger partial charge in [0.1, 0.15) is 5.82 Å². The molecule has 0 spiro atoms. The van der Waals surface area contributed by atoms with Crippen molar-refractivity contribution in [3.8, 4) is 0 Å². The maximum Gasteiger partial charge on any atom is 0.259 e. The van der Waals surface area contributed by atoms with E-state index in [-0.39, 0.29) is 25.1 Å². The Balaban J connectivity index is 1.62. The van der Waals surface area contributed by atoms with Gasteiger partial charge in [-0.15, -0.1) is 0 Å². The molecule has 1 N–H and O–H groups in total. The first kappa shape index (κ1) is 19.4. The fourth-order valence-electron chi connectivity index (χ4n) is 3.03. The van der Waals surface area contributed by atoms with Crippen LogP contribution in [0.15, 0.2) is 54.6 Å². The lowest BCUT2D eigenvalue weighted by Crippen LogP contribution is -2.45. The van der Waals surface area contributed by atoms with Gasteiger partial charge in [-0.1, -0.05) is 42.5 Å². The predicted molar refractivity (Wildman–Crippen MR) is 97.3 cm³/mol. The molecule has 1 atom stereocenters. The highest BCUT2D eigenvalue weighted by Crippen LogP contribution is 2.29. The zero-order chi connectivity index (χ0) is 19.5. The van der Waals surface area contributed by atoms with Crippen LogP contribution in [0.5, 0.6) is 0 Å². The Hall–Kier alpha value is -2.32. The van der Waals surface area contributed by atoms with E-state index in [1.165, 1.54) is 18.2 Å². The van der Waals surface area contributed by atoms with E-state index in [1.54, 1.807) is 12.1 Å². The molecule has 8 heteroatoms. The summed E-state index contributed by atoms with van der Waals surface area (Å²) in [4.78, 5) is 12.3. The number of carbonyl (C=O) groups excluding carboxylic acids is 1. The largest absolute Gasteiger partial charge is 0.349 e. The Morgan fingerprint density at radius 1 is 1.11 bits per heavy atom. The lowest BCUT2D eigenvalue weighted by molar-refractivity contribution is -0.132. The summed E-state index contributed by atoms with van der Waals surface area (Å²) < 4.78 is 54.2. The summed E-state index contributed by atoms with van der Waals surface area (Å²) in [5, 5.41) is 2.53. The summed E-state index contributed by atoms with van der Waals surface area (Å²) in [7, 11) is -3.85. The van der Waals surface area contributed by atoms with E-state index in [1.807, 2.05) is 18.2 Å². The molecule has 0 aliphatic carbocycles. The number of hydrogen-bond donors (Lipinski definition) is 1. The second-order valence-electron chi connectivity index (χ2n) is 6.60. The van der Waals surface area contributed by atoms with Crippen LogP contribution in [0.3, 0.4) is 0 Å². The Kier molecular flexibility index (Phi) is 5.57. The molecule has 1 fully saturated rings. The summed E-state index contributed by atoms with van der Waals surface area (Å²) in [5.41, 5.74) is -1.17. The molecule has 0 radical (unpaired) electrons. The predicted octanol–water partition coefficient (Wildman–Crippen LogP) is 2.39. The standard InChI is InChI=1S/C19H20F2N2O3S/c20-17-8-4-7-16(11-17)13-27(25,26)23-10-9-19(21,14-23)18(24)22-12-15-5-2-1-3-6-15/h1-8,11H,9-10,12-14H2,(H,22,24)/t19-/m0/s1. The number of hydrogen-bond acceptors (Lipinski definition) is 3. The van der Waals surface area contributed by atoms with Crippen molar-refractivity contribution in [3.63, 3.8) is 0 Å². The minimum Gasteiger partial charge on any atom is -0.349 e. The van der Waals surface area contributed by atoms with Gasteiger partial charge >= 0.3 is 0 Å². The van der Waals surface area contributed by atoms with E-state index < -0.39 is 39.7 Å². The third-order valence-corrected chi connectivity index (χ3v) is 6.32. The van der Waals surface area contributed by atoms with Crippen LogP contribution in [0.2, 0.25) is 0 Å². The van der Waals surface area contributed by atoms with Crippen molar-refractivity contribution in [1.82, 2.24) is 9.62 Å². The molecule has 1 aliphatic heterocycles. The highest BCUT2D eigenvalue weighted by molar-refractivity contribution is 7.88. The van der Waals surface area contributed by atoms with Crippen LogP contribution < -0.4 is 5.32 Å². The SMILES string of the molecule is O=C(NCc1ccccc1)[C@]1(F)CCN(S(=O)(=O)Cc2cccc(F)c2)C1. The number of halogens is 2. The molecule has 1 heterocycles. The molecule has 3 rings (SSSR count). The van der Waals surface area contributed by atoms with Crippen molar-refractivity contribution in [2.45, 2.75) is 24.4 Å². The third kappa shape index (κ3) is 4.70. The maximum absolute atomic E-state index is 15.0. The van der Waals surface area contributed by atoms with Gasteiger partial charge in [0, 0.05) is 19.5 Å². The molecule has 2 aromatic carbocycles. The molecule has 0 aromatic heterocycles. The molecule has 0 saturated carbocycles. The summed E-state index contributed by atoms with van der Waals surface area (Å²) in [6.07, 6.45) is -0.212. The summed E-state index contributed by atoms with van der Waals surface area (Å²) in [6.45, 7) is -0.459. The van der Waals surface area contributed by atoms with Crippen LogP contribution in [-0.4, -0.2) is 37.4 Å². The van der Waals surface area contributed by atoms with E-state index in [2.05, 4.69) is 5.32 Å². The van der Waals surface area contributed by atoms with Crippen molar-refractivity contribution in [2.24, 2.45) is 0 Å². The normalized spacial score (nSPS) is 20.5. The zero-order valence-corrected chi connectivity index (χ0v) is 15.4. The van der Waals surface area contributed by atoms with Gasteiger partial charge in [0.05, 0.1) is 12.3 Å². The maximum atomic E-state index is 15.0. The van der Waals surface area contributed by atoms with E-state index in [0.717, 1.165) is 15.9 Å². The van der Waals surface area contributed by atoms with Gasteiger partial charge in [-0.05, 0) is 23.3 Å². The number of benzene rings is 2. The van der Waals surface area contributed by atoms with Crippen LogP contribution in [0.25, 0.3) is 0 Å². The molecule has 1 saturated heterocycles. The Morgan fingerprint density at radius 2 is 1.81 bits per heavy atom. The molecular formula is C19H20F2N2O3S. The monoisotopic (exact) mass is 394 g/mol. The first-order chi connectivity index (χ1) is 12.8. The smallest absolute Gasteiger partial charge is 0.259 e. The molecular weight excluding hydrogens is 374 g/mol.